The predicted molar refractivity (Wildman–Crippen MR) is 241 cm³/mol. The molecule has 1 fully saturated rings. The van der Waals surface area contributed by atoms with Gasteiger partial charge in [-0.3, -0.25) is 0 Å². The highest BCUT2D eigenvalue weighted by molar-refractivity contribution is 6.17. The van der Waals surface area contributed by atoms with Crippen molar-refractivity contribution >= 4 is 60.7 Å². The fourth-order valence-corrected chi connectivity index (χ4v) is 9.64. The third-order valence-electron chi connectivity index (χ3n) is 12.3. The molecule has 1 saturated carbocycles. The van der Waals surface area contributed by atoms with E-state index in [-0.39, 0.29) is 0 Å². The molecule has 11 rings (SSSR count). The average Bonchev–Trinajstić information content (AvgIpc) is 3.81. The van der Waals surface area contributed by atoms with E-state index in [1.165, 1.54) is 98.0 Å². The van der Waals surface area contributed by atoms with E-state index in [0.29, 0.717) is 6.04 Å². The van der Waals surface area contributed by atoms with E-state index < -0.39 is 0 Å². The lowest BCUT2D eigenvalue weighted by molar-refractivity contribution is 0.367. The number of nitrogens with zero attached hydrogens (tertiary/aromatic N) is 3. The highest BCUT2D eigenvalue weighted by Crippen LogP contribution is 2.46. The first-order chi connectivity index (χ1) is 28.3. The third kappa shape index (κ3) is 5.73. The Kier molecular flexibility index (Phi) is 8.24. The largest absolute Gasteiger partial charge is 0.337 e. The van der Waals surface area contributed by atoms with Crippen molar-refractivity contribution in [3.63, 3.8) is 0 Å². The van der Waals surface area contributed by atoms with Gasteiger partial charge in [0.05, 0.1) is 22.2 Å². The molecule has 1 aliphatic rings. The predicted octanol–water partition coefficient (Wildman–Crippen LogP) is 15.2. The second-order valence-corrected chi connectivity index (χ2v) is 15.6. The van der Waals surface area contributed by atoms with Crippen LogP contribution in [0, 0.1) is 0 Å². The molecule has 0 radical (unpaired) electrons. The standard InChI is InChI=1S/C54H43N3/c1-4-16-38(17-5-1)39-30-32-40(33-31-39)41-18-14-23-44(36-41)55(45-34-35-47-46-24-10-12-26-49(46)57(53(47)37-45)43-21-8-3-9-22-43)51-28-15-29-52-54(51)48-25-11-13-27-50(48)56(52)42-19-6-2-7-20-42/h1-2,4-7,10-20,23-37,43H,3,8-9,21-22H2. The zero-order valence-corrected chi connectivity index (χ0v) is 31.9. The van der Waals surface area contributed by atoms with Crippen LogP contribution in [0.3, 0.4) is 0 Å². The van der Waals surface area contributed by atoms with E-state index in [9.17, 15) is 0 Å². The van der Waals surface area contributed by atoms with Gasteiger partial charge in [0.15, 0.2) is 0 Å². The van der Waals surface area contributed by atoms with Gasteiger partial charge in [0.25, 0.3) is 0 Å². The van der Waals surface area contributed by atoms with Gasteiger partial charge >= 0.3 is 0 Å². The van der Waals surface area contributed by atoms with Crippen LogP contribution < -0.4 is 4.90 Å². The molecule has 57 heavy (non-hydrogen) atoms. The van der Waals surface area contributed by atoms with Gasteiger partial charge in [-0.15, -0.1) is 0 Å². The molecule has 3 nitrogen and oxygen atoms in total. The summed E-state index contributed by atoms with van der Waals surface area (Å²) in [5.41, 5.74) is 14.5. The molecule has 0 atom stereocenters. The third-order valence-corrected chi connectivity index (χ3v) is 12.3. The zero-order valence-electron chi connectivity index (χ0n) is 31.9. The number of anilines is 3. The molecule has 3 heteroatoms. The van der Waals surface area contributed by atoms with E-state index in [1.807, 2.05) is 0 Å². The molecule has 8 aromatic carbocycles. The number of para-hydroxylation sites is 3. The quantitative estimate of drug-likeness (QED) is 0.159. The van der Waals surface area contributed by atoms with Crippen molar-refractivity contribution in [2.24, 2.45) is 0 Å². The van der Waals surface area contributed by atoms with Crippen LogP contribution in [0.25, 0.3) is 71.6 Å². The number of benzene rings is 8. The zero-order chi connectivity index (χ0) is 37.7. The first-order valence-electron chi connectivity index (χ1n) is 20.5. The minimum Gasteiger partial charge on any atom is -0.337 e. The van der Waals surface area contributed by atoms with Crippen LogP contribution in [0.4, 0.5) is 17.1 Å². The van der Waals surface area contributed by atoms with Crippen molar-refractivity contribution in [2.45, 2.75) is 38.1 Å². The molecule has 0 N–H and O–H groups in total. The fourth-order valence-electron chi connectivity index (χ4n) is 9.64. The second kappa shape index (κ2) is 14.0. The van der Waals surface area contributed by atoms with E-state index in [4.69, 9.17) is 0 Å². The minimum absolute atomic E-state index is 0.499. The van der Waals surface area contributed by atoms with Gasteiger partial charge in [-0.25, -0.2) is 0 Å². The Morgan fingerprint density at radius 2 is 0.965 bits per heavy atom. The summed E-state index contributed by atoms with van der Waals surface area (Å²) in [6.07, 6.45) is 6.36. The van der Waals surface area contributed by atoms with Crippen molar-refractivity contribution in [1.82, 2.24) is 9.13 Å². The van der Waals surface area contributed by atoms with Gasteiger partial charge in [0, 0.05) is 50.2 Å². The lowest BCUT2D eigenvalue weighted by atomic mass is 9.95. The molecule has 1 aliphatic carbocycles. The Morgan fingerprint density at radius 1 is 0.386 bits per heavy atom. The molecule has 10 aromatic rings. The topological polar surface area (TPSA) is 13.1 Å². The van der Waals surface area contributed by atoms with Gasteiger partial charge in [0.2, 0.25) is 0 Å². The van der Waals surface area contributed by atoms with E-state index >= 15 is 0 Å². The van der Waals surface area contributed by atoms with Crippen molar-refractivity contribution in [3.05, 3.63) is 194 Å². The summed E-state index contributed by atoms with van der Waals surface area (Å²) in [6, 6.07) is 71.9. The highest BCUT2D eigenvalue weighted by Gasteiger charge is 2.25. The van der Waals surface area contributed by atoms with Crippen LogP contribution in [0.1, 0.15) is 38.1 Å². The first-order valence-corrected chi connectivity index (χ1v) is 20.5. The second-order valence-electron chi connectivity index (χ2n) is 15.6. The summed E-state index contributed by atoms with van der Waals surface area (Å²) in [7, 11) is 0. The summed E-state index contributed by atoms with van der Waals surface area (Å²) in [4.78, 5) is 2.51. The smallest absolute Gasteiger partial charge is 0.0562 e. The molecule has 0 spiro atoms. The molecular formula is C54H43N3. The van der Waals surface area contributed by atoms with Gasteiger partial charge in [0.1, 0.15) is 0 Å². The van der Waals surface area contributed by atoms with Crippen LogP contribution >= 0.6 is 0 Å². The Hall–Kier alpha value is -6.84. The maximum Gasteiger partial charge on any atom is 0.0562 e. The average molecular weight is 734 g/mol. The van der Waals surface area contributed by atoms with E-state index in [0.717, 1.165) is 22.7 Å². The van der Waals surface area contributed by atoms with Crippen LogP contribution in [-0.2, 0) is 0 Å². The number of hydrogen-bond donors (Lipinski definition) is 0. The summed E-state index contributed by atoms with van der Waals surface area (Å²) in [5.74, 6) is 0. The molecular weight excluding hydrogens is 691 g/mol. The van der Waals surface area contributed by atoms with Gasteiger partial charge < -0.3 is 14.0 Å². The van der Waals surface area contributed by atoms with E-state index in [1.54, 1.807) is 0 Å². The van der Waals surface area contributed by atoms with Gasteiger partial charge in [-0.1, -0.05) is 153 Å². The number of aromatic nitrogens is 2. The maximum absolute atomic E-state index is 2.68. The Bertz CT molecular complexity index is 3040. The SMILES string of the molecule is c1ccc(-c2ccc(-c3cccc(N(c4ccc5c6ccccc6n(C6CCCCC6)c5c4)c4cccc5c4c4ccccc4n5-c4ccccc4)c3)cc2)cc1. The molecule has 0 aliphatic heterocycles. The van der Waals surface area contributed by atoms with Crippen LogP contribution in [0.2, 0.25) is 0 Å². The molecule has 274 valence electrons. The van der Waals surface area contributed by atoms with Crippen molar-refractivity contribution in [2.75, 3.05) is 4.90 Å². The molecule has 0 bridgehead atoms. The van der Waals surface area contributed by atoms with Crippen molar-refractivity contribution in [3.8, 4) is 27.9 Å². The summed E-state index contributed by atoms with van der Waals surface area (Å²) in [6.45, 7) is 0. The molecule has 0 amide bonds. The number of hydrogen-bond acceptors (Lipinski definition) is 1. The molecule has 0 saturated heterocycles. The summed E-state index contributed by atoms with van der Waals surface area (Å²) >= 11 is 0. The van der Waals surface area contributed by atoms with Crippen LogP contribution in [0.5, 0.6) is 0 Å². The molecule has 2 heterocycles. The Labute approximate surface area is 333 Å². The lowest BCUT2D eigenvalue weighted by Crippen LogP contribution is -2.13. The molecule has 2 aromatic heterocycles. The number of fused-ring (bicyclic) bond motifs is 6. The van der Waals surface area contributed by atoms with Crippen LogP contribution in [-0.4, -0.2) is 9.13 Å². The number of rotatable bonds is 7. The van der Waals surface area contributed by atoms with E-state index in [2.05, 4.69) is 208 Å². The normalized spacial score (nSPS) is 13.5. The minimum atomic E-state index is 0.499. The summed E-state index contributed by atoms with van der Waals surface area (Å²) in [5, 5.41) is 5.14. The van der Waals surface area contributed by atoms with Crippen molar-refractivity contribution < 1.29 is 0 Å². The summed E-state index contributed by atoms with van der Waals surface area (Å²) < 4.78 is 5.10. The fraction of sp³-hybridized carbons (Fsp3) is 0.111. The monoisotopic (exact) mass is 733 g/mol. The maximum atomic E-state index is 2.68. The van der Waals surface area contributed by atoms with Gasteiger partial charge in [-0.2, -0.15) is 0 Å². The highest BCUT2D eigenvalue weighted by atomic mass is 15.2. The Morgan fingerprint density at radius 3 is 1.75 bits per heavy atom. The van der Waals surface area contributed by atoms with Crippen LogP contribution in [0.15, 0.2) is 194 Å². The first kappa shape index (κ1) is 33.5. The molecule has 0 unspecified atom stereocenters. The van der Waals surface area contributed by atoms with Gasteiger partial charge in [-0.05, 0) is 95.8 Å². The van der Waals surface area contributed by atoms with Crippen molar-refractivity contribution in [1.29, 1.82) is 0 Å². The Balaban J connectivity index is 1.15. The lowest BCUT2D eigenvalue weighted by Gasteiger charge is -2.28.